The topological polar surface area (TPSA) is 35.9 Å². The number of rotatable bonds is 3. The van der Waals surface area contributed by atoms with Crippen molar-refractivity contribution in [2.75, 3.05) is 16.3 Å². The molecule has 1 unspecified atom stereocenters. The van der Waals surface area contributed by atoms with Gasteiger partial charge in [-0.3, -0.25) is 4.90 Å². The van der Waals surface area contributed by atoms with Crippen molar-refractivity contribution in [2.45, 2.75) is 27.7 Å². The van der Waals surface area contributed by atoms with Gasteiger partial charge in [0.2, 0.25) is 0 Å². The molecule has 0 spiro atoms. The average molecular weight is 398 g/mol. The van der Waals surface area contributed by atoms with Gasteiger partial charge in [-0.2, -0.15) is 0 Å². The Morgan fingerprint density at radius 2 is 1.20 bits per heavy atom. The van der Waals surface area contributed by atoms with Gasteiger partial charge >= 0.3 is 6.03 Å². The highest BCUT2D eigenvalue weighted by Crippen LogP contribution is 2.30. The van der Waals surface area contributed by atoms with Crippen LogP contribution in [0.25, 0.3) is 0 Å². The summed E-state index contributed by atoms with van der Waals surface area (Å²) in [6.07, 6.45) is 0. The highest BCUT2D eigenvalue weighted by atomic mass is 16.2. The summed E-state index contributed by atoms with van der Waals surface area (Å²) >= 11 is 0. The fourth-order valence-electron chi connectivity index (χ4n) is 3.66. The fourth-order valence-corrected chi connectivity index (χ4v) is 3.66. The van der Waals surface area contributed by atoms with E-state index < -0.39 is 0 Å². The summed E-state index contributed by atoms with van der Waals surface area (Å²) < 4.78 is 0. The van der Waals surface area contributed by atoms with Crippen LogP contribution in [-0.4, -0.2) is 18.4 Å². The number of aliphatic imine (C=N–C) groups is 1. The van der Waals surface area contributed by atoms with Crippen LogP contribution in [-0.2, 0) is 0 Å². The molecule has 4 nitrogen and oxygen atoms in total. The summed E-state index contributed by atoms with van der Waals surface area (Å²) in [7, 11) is 0. The first-order chi connectivity index (χ1) is 14.4. The average Bonchev–Trinajstić information content (AvgIpc) is 2.74. The summed E-state index contributed by atoms with van der Waals surface area (Å²) in [4.78, 5) is 22.2. The van der Waals surface area contributed by atoms with Gasteiger partial charge in [0.05, 0.1) is 11.4 Å². The quantitative estimate of drug-likeness (QED) is 0.502. The molecular formula is C26H27N3O. The van der Waals surface area contributed by atoms with Gasteiger partial charge in [-0.25, -0.2) is 14.7 Å². The Hall–Kier alpha value is -3.40. The van der Waals surface area contributed by atoms with E-state index in [1.54, 1.807) is 4.90 Å². The van der Waals surface area contributed by atoms with Crippen molar-refractivity contribution in [2.24, 2.45) is 10.9 Å². The number of carbonyl (C=O) groups is 1. The Labute approximate surface area is 178 Å². The minimum absolute atomic E-state index is 0.0756. The van der Waals surface area contributed by atoms with Crippen LogP contribution in [0.4, 0.5) is 21.9 Å². The molecule has 2 amide bonds. The van der Waals surface area contributed by atoms with E-state index in [-0.39, 0.29) is 11.9 Å². The molecule has 1 atom stereocenters. The van der Waals surface area contributed by atoms with Crippen LogP contribution in [0.3, 0.4) is 0 Å². The van der Waals surface area contributed by atoms with Crippen LogP contribution in [0.15, 0.2) is 77.8 Å². The SMILES string of the molecule is Cc1ccc(N=C2C(C)CN(c3ccc(C)cc3)C(=O)N2c2ccc(C)cc2)cc1. The molecule has 1 aliphatic heterocycles. The summed E-state index contributed by atoms with van der Waals surface area (Å²) in [6.45, 7) is 8.87. The third-order valence-electron chi connectivity index (χ3n) is 5.46. The highest BCUT2D eigenvalue weighted by molar-refractivity contribution is 6.24. The predicted octanol–water partition coefficient (Wildman–Crippen LogP) is 6.42. The molecule has 3 aromatic carbocycles. The number of amidine groups is 1. The smallest absolute Gasteiger partial charge is 0.293 e. The summed E-state index contributed by atoms with van der Waals surface area (Å²) in [5.41, 5.74) is 6.12. The summed E-state index contributed by atoms with van der Waals surface area (Å²) in [5.74, 6) is 0.850. The van der Waals surface area contributed by atoms with Crippen LogP contribution in [0.1, 0.15) is 23.6 Å². The zero-order chi connectivity index (χ0) is 21.3. The molecule has 0 radical (unpaired) electrons. The zero-order valence-electron chi connectivity index (χ0n) is 18.0. The lowest BCUT2D eigenvalue weighted by Gasteiger charge is -2.40. The van der Waals surface area contributed by atoms with Crippen LogP contribution in [0.5, 0.6) is 0 Å². The first-order valence-electron chi connectivity index (χ1n) is 10.3. The summed E-state index contributed by atoms with van der Waals surface area (Å²) in [5, 5.41) is 0. The Balaban J connectivity index is 1.79. The minimum Gasteiger partial charge on any atom is -0.293 e. The maximum atomic E-state index is 13.7. The molecule has 30 heavy (non-hydrogen) atoms. The molecule has 1 saturated heterocycles. The largest absolute Gasteiger partial charge is 0.334 e. The third-order valence-corrected chi connectivity index (χ3v) is 5.46. The van der Waals surface area contributed by atoms with E-state index in [0.29, 0.717) is 6.54 Å². The van der Waals surface area contributed by atoms with Crippen molar-refractivity contribution in [1.29, 1.82) is 0 Å². The van der Waals surface area contributed by atoms with E-state index in [2.05, 4.69) is 20.8 Å². The van der Waals surface area contributed by atoms with Crippen LogP contribution in [0, 0.1) is 26.7 Å². The van der Waals surface area contributed by atoms with E-state index in [9.17, 15) is 4.79 Å². The van der Waals surface area contributed by atoms with Gasteiger partial charge in [0.25, 0.3) is 0 Å². The van der Waals surface area contributed by atoms with Crippen LogP contribution in [0.2, 0.25) is 0 Å². The standard InChI is InChI=1S/C26H27N3O/c1-18-5-11-22(12-6-18)27-25-21(4)17-28(23-13-7-19(2)8-14-23)26(30)29(25)24-15-9-20(3)10-16-24/h5-16,21H,17H2,1-4H3. The number of aryl methyl sites for hydroxylation is 3. The van der Waals surface area contributed by atoms with Gasteiger partial charge in [0.15, 0.2) is 0 Å². The van der Waals surface area contributed by atoms with E-state index in [1.165, 1.54) is 11.1 Å². The van der Waals surface area contributed by atoms with E-state index >= 15 is 0 Å². The van der Waals surface area contributed by atoms with Gasteiger partial charge in [0.1, 0.15) is 5.84 Å². The molecule has 1 fully saturated rings. The molecule has 1 aliphatic rings. The molecular weight excluding hydrogens is 370 g/mol. The highest BCUT2D eigenvalue weighted by Gasteiger charge is 2.37. The number of hydrogen-bond acceptors (Lipinski definition) is 2. The fraction of sp³-hybridized carbons (Fsp3) is 0.231. The van der Waals surface area contributed by atoms with Gasteiger partial charge < -0.3 is 0 Å². The zero-order valence-corrected chi connectivity index (χ0v) is 18.0. The number of hydrogen-bond donors (Lipinski definition) is 0. The van der Waals surface area contributed by atoms with Crippen LogP contribution < -0.4 is 9.80 Å². The van der Waals surface area contributed by atoms with E-state index in [1.807, 2.05) is 84.6 Å². The van der Waals surface area contributed by atoms with E-state index in [0.717, 1.165) is 28.5 Å². The summed E-state index contributed by atoms with van der Waals surface area (Å²) in [6, 6.07) is 24.1. The van der Waals surface area contributed by atoms with E-state index in [4.69, 9.17) is 4.99 Å². The molecule has 0 saturated carbocycles. The number of carbonyl (C=O) groups excluding carboxylic acids is 1. The second-order valence-corrected chi connectivity index (χ2v) is 8.11. The lowest BCUT2D eigenvalue weighted by atomic mass is 10.0. The molecule has 152 valence electrons. The number of anilines is 2. The number of nitrogens with zero attached hydrogens (tertiary/aromatic N) is 3. The van der Waals surface area contributed by atoms with Crippen molar-refractivity contribution in [3.63, 3.8) is 0 Å². The lowest BCUT2D eigenvalue weighted by molar-refractivity contribution is 0.251. The normalized spacial score (nSPS) is 18.2. The molecule has 4 rings (SSSR count). The molecule has 1 heterocycles. The maximum absolute atomic E-state index is 13.7. The molecule has 0 aliphatic carbocycles. The van der Waals surface area contributed by atoms with Crippen molar-refractivity contribution in [3.8, 4) is 0 Å². The molecule has 0 N–H and O–H groups in total. The van der Waals surface area contributed by atoms with Gasteiger partial charge in [0, 0.05) is 18.2 Å². The van der Waals surface area contributed by atoms with Crippen molar-refractivity contribution in [3.05, 3.63) is 89.5 Å². The van der Waals surface area contributed by atoms with Gasteiger partial charge in [-0.1, -0.05) is 60.0 Å². The predicted molar refractivity (Wildman–Crippen MR) is 125 cm³/mol. The molecule has 4 heteroatoms. The monoisotopic (exact) mass is 397 g/mol. The third kappa shape index (κ3) is 3.99. The Morgan fingerprint density at radius 3 is 1.73 bits per heavy atom. The molecule has 0 aromatic heterocycles. The maximum Gasteiger partial charge on any atom is 0.334 e. The van der Waals surface area contributed by atoms with Crippen molar-refractivity contribution < 1.29 is 4.79 Å². The Bertz CT molecular complexity index is 1070. The molecule has 0 bridgehead atoms. The van der Waals surface area contributed by atoms with Crippen LogP contribution >= 0.6 is 0 Å². The lowest BCUT2D eigenvalue weighted by Crippen LogP contribution is -2.56. The van der Waals surface area contributed by atoms with Gasteiger partial charge in [-0.05, 0) is 57.2 Å². The second-order valence-electron chi connectivity index (χ2n) is 8.11. The number of amides is 2. The second kappa shape index (κ2) is 8.15. The number of benzene rings is 3. The molecule has 3 aromatic rings. The first-order valence-corrected chi connectivity index (χ1v) is 10.3. The first kappa shape index (κ1) is 19.9. The Kier molecular flexibility index (Phi) is 5.40. The van der Waals surface area contributed by atoms with Crippen molar-refractivity contribution in [1.82, 2.24) is 0 Å². The van der Waals surface area contributed by atoms with Gasteiger partial charge in [-0.15, -0.1) is 0 Å². The Morgan fingerprint density at radius 1 is 0.733 bits per heavy atom. The van der Waals surface area contributed by atoms with Crippen molar-refractivity contribution >= 4 is 28.9 Å². The minimum atomic E-state index is -0.0772. The number of urea groups is 1.